The summed E-state index contributed by atoms with van der Waals surface area (Å²) in [7, 11) is 0. The van der Waals surface area contributed by atoms with E-state index in [4.69, 9.17) is 4.74 Å². The third-order valence-electron chi connectivity index (χ3n) is 4.86. The van der Waals surface area contributed by atoms with Crippen LogP contribution in [0, 0.1) is 0 Å². The normalized spacial score (nSPS) is 17.3. The zero-order valence-electron chi connectivity index (χ0n) is 16.9. The highest BCUT2D eigenvalue weighted by Crippen LogP contribution is 2.34. The molecule has 1 aliphatic heterocycles. The topological polar surface area (TPSA) is 32.8 Å². The molecule has 0 saturated carbocycles. The SMILES string of the molecule is CC(C)(C)OC(=O)CN1CCN(C(c2ccccc2)c2ccccc2Br)CC1. The van der Waals surface area contributed by atoms with Crippen molar-refractivity contribution in [2.24, 2.45) is 0 Å². The summed E-state index contributed by atoms with van der Waals surface area (Å²) in [5.41, 5.74) is 2.13. The van der Waals surface area contributed by atoms with Crippen LogP contribution in [0.3, 0.4) is 0 Å². The van der Waals surface area contributed by atoms with E-state index in [1.807, 2.05) is 20.8 Å². The lowest BCUT2D eigenvalue weighted by Gasteiger charge is -2.40. The number of halogens is 1. The summed E-state index contributed by atoms with van der Waals surface area (Å²) in [5.74, 6) is -0.147. The van der Waals surface area contributed by atoms with E-state index in [9.17, 15) is 4.79 Å². The fraction of sp³-hybridized carbons (Fsp3) is 0.435. The smallest absolute Gasteiger partial charge is 0.320 e. The summed E-state index contributed by atoms with van der Waals surface area (Å²) in [6.07, 6.45) is 0. The summed E-state index contributed by atoms with van der Waals surface area (Å²) < 4.78 is 6.59. The average Bonchev–Trinajstić information content (AvgIpc) is 2.64. The van der Waals surface area contributed by atoms with Crippen LogP contribution in [0.15, 0.2) is 59.1 Å². The molecule has 1 heterocycles. The van der Waals surface area contributed by atoms with Gasteiger partial charge in [0.1, 0.15) is 5.60 Å². The van der Waals surface area contributed by atoms with E-state index >= 15 is 0 Å². The Balaban J connectivity index is 1.70. The molecule has 1 aliphatic rings. The van der Waals surface area contributed by atoms with Crippen molar-refractivity contribution < 1.29 is 9.53 Å². The van der Waals surface area contributed by atoms with Crippen molar-refractivity contribution in [1.29, 1.82) is 0 Å². The van der Waals surface area contributed by atoms with Crippen LogP contribution in [0.2, 0.25) is 0 Å². The molecule has 28 heavy (non-hydrogen) atoms. The van der Waals surface area contributed by atoms with E-state index in [0.717, 1.165) is 30.7 Å². The predicted octanol–water partition coefficient (Wildman–Crippen LogP) is 4.50. The van der Waals surface area contributed by atoms with Crippen molar-refractivity contribution in [3.05, 3.63) is 70.2 Å². The standard InChI is InChI=1S/C23H29BrN2O2/c1-23(2,3)28-21(27)17-25-13-15-26(16-14-25)22(18-9-5-4-6-10-18)19-11-7-8-12-20(19)24/h4-12,22H,13-17H2,1-3H3. The van der Waals surface area contributed by atoms with E-state index in [2.05, 4.69) is 80.3 Å². The predicted molar refractivity (Wildman–Crippen MR) is 116 cm³/mol. The van der Waals surface area contributed by atoms with Gasteiger partial charge < -0.3 is 4.74 Å². The first kappa shape index (κ1) is 21.0. The highest BCUT2D eigenvalue weighted by molar-refractivity contribution is 9.10. The molecule has 4 nitrogen and oxygen atoms in total. The number of hydrogen-bond donors (Lipinski definition) is 0. The molecule has 2 aromatic rings. The zero-order valence-corrected chi connectivity index (χ0v) is 18.5. The lowest BCUT2D eigenvalue weighted by atomic mass is 9.96. The van der Waals surface area contributed by atoms with Gasteiger partial charge in [0.15, 0.2) is 0 Å². The first-order valence-electron chi connectivity index (χ1n) is 9.81. The number of nitrogens with zero attached hydrogens (tertiary/aromatic N) is 2. The molecule has 1 saturated heterocycles. The molecule has 2 aromatic carbocycles. The van der Waals surface area contributed by atoms with E-state index in [1.54, 1.807) is 0 Å². The Kier molecular flexibility index (Phi) is 6.91. The molecule has 0 bridgehead atoms. The molecule has 5 heteroatoms. The van der Waals surface area contributed by atoms with Gasteiger partial charge in [-0.1, -0.05) is 64.5 Å². The van der Waals surface area contributed by atoms with Gasteiger partial charge in [0.25, 0.3) is 0 Å². The number of piperazine rings is 1. The summed E-state index contributed by atoms with van der Waals surface area (Å²) in [5, 5.41) is 0. The van der Waals surface area contributed by atoms with E-state index in [-0.39, 0.29) is 12.0 Å². The van der Waals surface area contributed by atoms with E-state index in [0.29, 0.717) is 6.54 Å². The Morgan fingerprint density at radius 1 is 1.00 bits per heavy atom. The van der Waals surface area contributed by atoms with Gasteiger partial charge in [0, 0.05) is 30.7 Å². The molecule has 1 unspecified atom stereocenters. The van der Waals surface area contributed by atoms with Crippen molar-refractivity contribution in [2.45, 2.75) is 32.4 Å². The van der Waals surface area contributed by atoms with Crippen molar-refractivity contribution in [3.63, 3.8) is 0 Å². The van der Waals surface area contributed by atoms with Gasteiger partial charge in [-0.3, -0.25) is 14.6 Å². The number of benzene rings is 2. The van der Waals surface area contributed by atoms with Crippen molar-refractivity contribution in [3.8, 4) is 0 Å². The molecule has 0 spiro atoms. The Morgan fingerprint density at radius 3 is 2.21 bits per heavy atom. The van der Waals surface area contributed by atoms with Crippen molar-refractivity contribution in [2.75, 3.05) is 32.7 Å². The number of ether oxygens (including phenoxy) is 1. The molecule has 0 aliphatic carbocycles. The van der Waals surface area contributed by atoms with Gasteiger partial charge in [-0.2, -0.15) is 0 Å². The lowest BCUT2D eigenvalue weighted by molar-refractivity contribution is -0.156. The third kappa shape index (κ3) is 5.66. The van der Waals surface area contributed by atoms with Crippen LogP contribution < -0.4 is 0 Å². The molecule has 0 amide bonds. The highest BCUT2D eigenvalue weighted by atomic mass is 79.9. The Hall–Kier alpha value is -1.69. The summed E-state index contributed by atoms with van der Waals surface area (Å²) >= 11 is 3.74. The van der Waals surface area contributed by atoms with Gasteiger partial charge in [0.2, 0.25) is 0 Å². The molecular weight excluding hydrogens is 416 g/mol. The molecule has 3 rings (SSSR count). The minimum absolute atomic E-state index is 0.147. The Morgan fingerprint density at radius 2 is 1.61 bits per heavy atom. The van der Waals surface area contributed by atoms with Crippen LogP contribution >= 0.6 is 15.9 Å². The zero-order chi connectivity index (χ0) is 20.1. The summed E-state index contributed by atoms with van der Waals surface area (Å²) in [6, 6.07) is 19.3. The minimum atomic E-state index is -0.434. The molecule has 1 atom stereocenters. The van der Waals surface area contributed by atoms with Crippen LogP contribution in [0.1, 0.15) is 37.9 Å². The highest BCUT2D eigenvalue weighted by Gasteiger charge is 2.29. The molecule has 1 fully saturated rings. The van der Waals surface area contributed by atoms with Crippen LogP contribution in [0.5, 0.6) is 0 Å². The molecule has 0 aromatic heterocycles. The number of rotatable bonds is 5. The van der Waals surface area contributed by atoms with Crippen molar-refractivity contribution in [1.82, 2.24) is 9.80 Å². The molecule has 150 valence electrons. The fourth-order valence-corrected chi connectivity index (χ4v) is 4.16. The Bertz CT molecular complexity index is 781. The van der Waals surface area contributed by atoms with Crippen LogP contribution in [0.4, 0.5) is 0 Å². The second kappa shape index (κ2) is 9.21. The second-order valence-electron chi connectivity index (χ2n) is 8.23. The average molecular weight is 445 g/mol. The first-order chi connectivity index (χ1) is 13.3. The largest absolute Gasteiger partial charge is 0.459 e. The van der Waals surface area contributed by atoms with Gasteiger partial charge in [-0.05, 0) is 38.0 Å². The summed E-state index contributed by atoms with van der Waals surface area (Å²) in [4.78, 5) is 16.8. The number of hydrogen-bond acceptors (Lipinski definition) is 4. The molecule has 0 radical (unpaired) electrons. The number of esters is 1. The van der Waals surface area contributed by atoms with Gasteiger partial charge in [-0.25, -0.2) is 0 Å². The van der Waals surface area contributed by atoms with Gasteiger partial charge in [0.05, 0.1) is 12.6 Å². The van der Waals surface area contributed by atoms with Crippen LogP contribution in [-0.4, -0.2) is 54.1 Å². The third-order valence-corrected chi connectivity index (χ3v) is 5.58. The van der Waals surface area contributed by atoms with Gasteiger partial charge >= 0.3 is 5.97 Å². The molecule has 0 N–H and O–H groups in total. The second-order valence-corrected chi connectivity index (χ2v) is 9.09. The van der Waals surface area contributed by atoms with E-state index < -0.39 is 5.60 Å². The summed E-state index contributed by atoms with van der Waals surface area (Å²) in [6.45, 7) is 9.60. The monoisotopic (exact) mass is 444 g/mol. The lowest BCUT2D eigenvalue weighted by Crippen LogP contribution is -2.49. The maximum Gasteiger partial charge on any atom is 0.320 e. The van der Waals surface area contributed by atoms with Gasteiger partial charge in [-0.15, -0.1) is 0 Å². The number of carbonyl (C=O) groups excluding carboxylic acids is 1. The van der Waals surface area contributed by atoms with Crippen LogP contribution in [0.25, 0.3) is 0 Å². The fourth-order valence-electron chi connectivity index (χ4n) is 3.66. The van der Waals surface area contributed by atoms with Crippen LogP contribution in [-0.2, 0) is 9.53 Å². The van der Waals surface area contributed by atoms with E-state index in [1.165, 1.54) is 11.1 Å². The maximum absolute atomic E-state index is 12.1. The molecular formula is C23H29BrN2O2. The number of carbonyl (C=O) groups is 1. The maximum atomic E-state index is 12.1. The minimum Gasteiger partial charge on any atom is -0.459 e. The Labute approximate surface area is 176 Å². The first-order valence-corrected chi connectivity index (χ1v) is 10.6. The quantitative estimate of drug-likeness (QED) is 0.635. The van der Waals surface area contributed by atoms with Crippen molar-refractivity contribution >= 4 is 21.9 Å².